The van der Waals surface area contributed by atoms with Crippen LogP contribution >= 0.6 is 36.4 Å². The summed E-state index contributed by atoms with van der Waals surface area (Å²) in [6.45, 7) is 2.08. The van der Waals surface area contributed by atoms with Crippen LogP contribution in [0.4, 0.5) is 15.9 Å². The van der Waals surface area contributed by atoms with Crippen molar-refractivity contribution in [1.29, 1.82) is 0 Å². The lowest BCUT2D eigenvalue weighted by Gasteiger charge is -2.24. The second kappa shape index (κ2) is 12.2. The van der Waals surface area contributed by atoms with Gasteiger partial charge in [-0.2, -0.15) is 0 Å². The van der Waals surface area contributed by atoms with E-state index < -0.39 is 5.82 Å². The molecule has 1 aromatic heterocycles. The molecule has 1 fully saturated rings. The predicted molar refractivity (Wildman–Crippen MR) is 128 cm³/mol. The molecule has 1 saturated heterocycles. The number of hydrogen-bond acceptors (Lipinski definition) is 7. The molecule has 0 radical (unpaired) electrons. The highest BCUT2D eigenvalue weighted by atomic mass is 35.5. The number of halogens is 4. The van der Waals surface area contributed by atoms with E-state index in [9.17, 15) is 4.39 Å². The highest BCUT2D eigenvalue weighted by Gasteiger charge is 2.19. The Morgan fingerprint density at radius 1 is 1.12 bits per heavy atom. The van der Waals surface area contributed by atoms with Gasteiger partial charge in [0.1, 0.15) is 30.7 Å². The number of rotatable bonds is 7. The maximum Gasteiger partial charge on any atom is 0.163 e. The summed E-state index contributed by atoms with van der Waals surface area (Å²) in [5, 5.41) is 3.93. The molecule has 0 atom stereocenters. The van der Waals surface area contributed by atoms with Crippen LogP contribution in [0.3, 0.4) is 0 Å². The van der Waals surface area contributed by atoms with Gasteiger partial charge in [-0.05, 0) is 24.3 Å². The molecule has 1 aliphatic rings. The van der Waals surface area contributed by atoms with Crippen molar-refractivity contribution in [2.24, 2.45) is 5.73 Å². The van der Waals surface area contributed by atoms with Gasteiger partial charge >= 0.3 is 0 Å². The van der Waals surface area contributed by atoms with Crippen molar-refractivity contribution < 1.29 is 18.6 Å². The lowest BCUT2D eigenvalue weighted by molar-refractivity contribution is 0.0244. The molecule has 1 aliphatic heterocycles. The highest BCUT2D eigenvalue weighted by Crippen LogP contribution is 2.36. The van der Waals surface area contributed by atoms with Crippen LogP contribution in [0.15, 0.2) is 36.7 Å². The van der Waals surface area contributed by atoms with Crippen molar-refractivity contribution in [3.63, 3.8) is 0 Å². The fraction of sp³-hybridized carbons (Fsp3) is 0.333. The second-order valence-electron chi connectivity index (χ2n) is 6.86. The van der Waals surface area contributed by atoms with Gasteiger partial charge in [-0.25, -0.2) is 14.4 Å². The summed E-state index contributed by atoms with van der Waals surface area (Å²) in [5.41, 5.74) is 6.88. The number of nitrogens with two attached hydrogens (primary N) is 1. The Morgan fingerprint density at radius 2 is 1.91 bits per heavy atom. The van der Waals surface area contributed by atoms with Crippen LogP contribution in [0.1, 0.15) is 12.8 Å². The maximum absolute atomic E-state index is 13.5. The number of ether oxygens (including phenoxy) is 3. The van der Waals surface area contributed by atoms with Gasteiger partial charge < -0.3 is 25.3 Å². The van der Waals surface area contributed by atoms with Gasteiger partial charge in [-0.3, -0.25) is 0 Å². The summed E-state index contributed by atoms with van der Waals surface area (Å²) in [5.74, 6) is 1.24. The first-order valence-electron chi connectivity index (χ1n) is 9.72. The quantitative estimate of drug-likeness (QED) is 0.472. The molecule has 3 N–H and O–H groups in total. The molecule has 0 amide bonds. The van der Waals surface area contributed by atoms with Crippen LogP contribution in [0.25, 0.3) is 10.9 Å². The van der Waals surface area contributed by atoms with E-state index >= 15 is 0 Å². The fourth-order valence-electron chi connectivity index (χ4n) is 3.22. The van der Waals surface area contributed by atoms with E-state index in [2.05, 4.69) is 15.3 Å². The van der Waals surface area contributed by atoms with Crippen molar-refractivity contribution in [2.75, 3.05) is 31.7 Å². The minimum Gasteiger partial charge on any atom is -0.488 e. The molecule has 32 heavy (non-hydrogen) atoms. The molecule has 0 saturated carbocycles. The second-order valence-corrected chi connectivity index (χ2v) is 7.27. The lowest BCUT2D eigenvalue weighted by atomic mass is 10.1. The Bertz CT molecular complexity index is 1040. The lowest BCUT2D eigenvalue weighted by Crippen LogP contribution is -2.26. The van der Waals surface area contributed by atoms with Crippen molar-refractivity contribution in [2.45, 2.75) is 18.9 Å². The van der Waals surface area contributed by atoms with E-state index in [-0.39, 0.29) is 35.9 Å². The topological polar surface area (TPSA) is 91.5 Å². The van der Waals surface area contributed by atoms with E-state index in [0.717, 1.165) is 18.2 Å². The van der Waals surface area contributed by atoms with Gasteiger partial charge in [-0.1, -0.05) is 11.6 Å². The summed E-state index contributed by atoms with van der Waals surface area (Å²) in [6, 6.07) is 8.05. The van der Waals surface area contributed by atoms with E-state index in [1.165, 1.54) is 18.5 Å². The van der Waals surface area contributed by atoms with Crippen LogP contribution in [0.2, 0.25) is 5.02 Å². The van der Waals surface area contributed by atoms with Gasteiger partial charge in [-0.15, -0.1) is 24.8 Å². The van der Waals surface area contributed by atoms with Gasteiger partial charge in [0, 0.05) is 36.5 Å². The van der Waals surface area contributed by atoms with Crippen LogP contribution < -0.4 is 20.5 Å². The molecular formula is C21H24Cl3FN4O3. The van der Waals surface area contributed by atoms with Gasteiger partial charge in [0.15, 0.2) is 11.5 Å². The van der Waals surface area contributed by atoms with E-state index in [4.69, 9.17) is 31.5 Å². The van der Waals surface area contributed by atoms with Gasteiger partial charge in [0.2, 0.25) is 0 Å². The Kier molecular flexibility index (Phi) is 9.99. The molecule has 0 aliphatic carbocycles. The minimum atomic E-state index is -0.483. The molecule has 174 valence electrons. The van der Waals surface area contributed by atoms with Gasteiger partial charge in [0.25, 0.3) is 0 Å². The highest BCUT2D eigenvalue weighted by molar-refractivity contribution is 6.31. The van der Waals surface area contributed by atoms with Crippen molar-refractivity contribution in [3.8, 4) is 11.5 Å². The first-order chi connectivity index (χ1) is 14.6. The average Bonchev–Trinajstić information content (AvgIpc) is 2.76. The van der Waals surface area contributed by atoms with Crippen LogP contribution in [0.5, 0.6) is 11.5 Å². The molecule has 0 spiro atoms. The predicted octanol–water partition coefficient (Wildman–Crippen LogP) is 4.90. The molecule has 2 aromatic carbocycles. The summed E-state index contributed by atoms with van der Waals surface area (Å²) < 4.78 is 30.9. The van der Waals surface area contributed by atoms with E-state index in [1.807, 2.05) is 12.1 Å². The maximum atomic E-state index is 13.5. The Hall–Kier alpha value is -2.10. The van der Waals surface area contributed by atoms with E-state index in [1.54, 1.807) is 6.07 Å². The smallest absolute Gasteiger partial charge is 0.163 e. The molecule has 3 aromatic rings. The Morgan fingerprint density at radius 3 is 2.62 bits per heavy atom. The molecule has 7 nitrogen and oxygen atoms in total. The number of nitrogens with one attached hydrogen (secondary N) is 1. The Labute approximate surface area is 202 Å². The van der Waals surface area contributed by atoms with Crippen LogP contribution in [-0.4, -0.2) is 42.4 Å². The molecule has 0 unspecified atom stereocenters. The van der Waals surface area contributed by atoms with E-state index in [0.29, 0.717) is 54.9 Å². The first-order valence-corrected chi connectivity index (χ1v) is 10.1. The monoisotopic (exact) mass is 504 g/mol. The van der Waals surface area contributed by atoms with Crippen LogP contribution in [0, 0.1) is 5.82 Å². The summed E-state index contributed by atoms with van der Waals surface area (Å²) in [7, 11) is 0. The van der Waals surface area contributed by atoms with Crippen molar-refractivity contribution in [3.05, 3.63) is 47.5 Å². The number of nitrogens with zero attached hydrogens (tertiary/aromatic N) is 2. The molecule has 11 heteroatoms. The third-order valence-corrected chi connectivity index (χ3v) is 5.01. The molecular weight excluding hydrogens is 482 g/mol. The third kappa shape index (κ3) is 6.24. The normalized spacial score (nSPS) is 13.7. The molecule has 4 rings (SSSR count). The molecule has 0 bridgehead atoms. The summed E-state index contributed by atoms with van der Waals surface area (Å²) in [6.07, 6.45) is 3.09. The number of hydrogen-bond donors (Lipinski definition) is 2. The zero-order valence-corrected chi connectivity index (χ0v) is 19.4. The third-order valence-electron chi connectivity index (χ3n) is 4.72. The SMILES string of the molecule is Cl.Cl.NCCOc1cc2ncnc(Nc3ccc(F)c(Cl)c3)c2cc1OC1CCOCC1. The number of anilines is 2. The van der Waals surface area contributed by atoms with Crippen LogP contribution in [-0.2, 0) is 4.74 Å². The summed E-state index contributed by atoms with van der Waals surface area (Å²) >= 11 is 5.90. The van der Waals surface area contributed by atoms with Crippen molar-refractivity contribution in [1.82, 2.24) is 9.97 Å². The zero-order valence-electron chi connectivity index (χ0n) is 17.1. The standard InChI is InChI=1S/C21H22ClFN4O3.2ClH/c22-16-9-13(1-2-17(16)23)27-21-15-10-20(30-14-3-6-28-7-4-14)19(29-8-5-24)11-18(15)25-12-26-21;;/h1-2,9-12,14H,3-8,24H2,(H,25,26,27);2*1H. The fourth-order valence-corrected chi connectivity index (χ4v) is 3.40. The average molecular weight is 506 g/mol. The van der Waals surface area contributed by atoms with Gasteiger partial charge in [0.05, 0.1) is 23.8 Å². The number of benzene rings is 2. The number of fused-ring (bicyclic) bond motifs is 1. The minimum absolute atomic E-state index is 0. The summed E-state index contributed by atoms with van der Waals surface area (Å²) in [4.78, 5) is 8.69. The van der Waals surface area contributed by atoms with Crippen molar-refractivity contribution >= 4 is 58.8 Å². The number of aromatic nitrogens is 2. The Balaban J connectivity index is 0.00000181. The molecule has 2 heterocycles. The first kappa shape index (κ1) is 26.2. The largest absolute Gasteiger partial charge is 0.488 e. The zero-order chi connectivity index (χ0) is 20.9.